The summed E-state index contributed by atoms with van der Waals surface area (Å²) in [5.74, 6) is 0.163. The Balaban J connectivity index is 1.66. The average Bonchev–Trinajstić information content (AvgIpc) is 2.72. The third-order valence-corrected chi connectivity index (χ3v) is 4.06. The van der Waals surface area contributed by atoms with E-state index in [1.54, 1.807) is 0 Å². The molecule has 104 valence electrons. The van der Waals surface area contributed by atoms with Crippen LogP contribution in [-0.4, -0.2) is 48.6 Å². The predicted molar refractivity (Wildman–Crippen MR) is 73.5 cm³/mol. The maximum atomic E-state index is 11.5. The van der Waals surface area contributed by atoms with E-state index in [4.69, 9.17) is 0 Å². The molecule has 0 bridgehead atoms. The first-order chi connectivity index (χ1) is 8.66. The van der Waals surface area contributed by atoms with Crippen LogP contribution in [0, 0.1) is 0 Å². The monoisotopic (exact) mass is 253 g/mol. The molecule has 0 aromatic heterocycles. The summed E-state index contributed by atoms with van der Waals surface area (Å²) in [6, 6.07) is 1.59. The van der Waals surface area contributed by atoms with E-state index in [2.05, 4.69) is 15.5 Å². The highest BCUT2D eigenvalue weighted by Crippen LogP contribution is 2.26. The molecule has 2 unspecified atom stereocenters. The Bertz CT molecular complexity index is 280. The molecular formula is C14H27N3O. The number of carbonyl (C=O) groups excluding carboxylic acids is 1. The van der Waals surface area contributed by atoms with Crippen LogP contribution in [0.3, 0.4) is 0 Å². The molecule has 2 rings (SSSR count). The number of fused-ring (bicyclic) bond motifs is 1. The fourth-order valence-corrected chi connectivity index (χ4v) is 3.25. The number of hydrogen-bond acceptors (Lipinski definition) is 3. The van der Waals surface area contributed by atoms with Gasteiger partial charge in [-0.1, -0.05) is 6.42 Å². The van der Waals surface area contributed by atoms with Gasteiger partial charge in [-0.3, -0.25) is 9.69 Å². The Hall–Kier alpha value is -0.610. The van der Waals surface area contributed by atoms with Gasteiger partial charge in [-0.2, -0.15) is 0 Å². The molecule has 0 aromatic rings. The molecule has 2 saturated heterocycles. The number of hydrogen-bond donors (Lipinski definition) is 2. The maximum absolute atomic E-state index is 11.5. The van der Waals surface area contributed by atoms with Gasteiger partial charge in [0.05, 0.1) is 0 Å². The van der Waals surface area contributed by atoms with Gasteiger partial charge in [0.25, 0.3) is 0 Å². The van der Waals surface area contributed by atoms with Crippen molar-refractivity contribution < 1.29 is 4.79 Å². The molecule has 0 radical (unpaired) electrons. The van der Waals surface area contributed by atoms with Crippen molar-refractivity contribution in [3.63, 3.8) is 0 Å². The molecule has 2 fully saturated rings. The van der Waals surface area contributed by atoms with Gasteiger partial charge in [0.1, 0.15) is 0 Å². The fourth-order valence-electron chi connectivity index (χ4n) is 3.25. The zero-order valence-electron chi connectivity index (χ0n) is 11.7. The van der Waals surface area contributed by atoms with Gasteiger partial charge in [0, 0.05) is 37.6 Å². The quantitative estimate of drug-likeness (QED) is 0.771. The van der Waals surface area contributed by atoms with Gasteiger partial charge in [0.2, 0.25) is 5.91 Å². The number of rotatable bonds is 5. The Morgan fingerprint density at radius 3 is 2.89 bits per heavy atom. The third-order valence-electron chi connectivity index (χ3n) is 4.06. The van der Waals surface area contributed by atoms with Gasteiger partial charge >= 0.3 is 0 Å². The summed E-state index contributed by atoms with van der Waals surface area (Å²) in [6.45, 7) is 7.33. The van der Waals surface area contributed by atoms with Crippen LogP contribution >= 0.6 is 0 Å². The third kappa shape index (κ3) is 3.69. The standard InChI is InChI=1S/C14H27N3O/c1-11(2)16-14(18)6-8-15-12-7-10-17-9-4-3-5-13(12)17/h11-13,15H,3-10H2,1-2H3,(H,16,18). The van der Waals surface area contributed by atoms with E-state index in [0.717, 1.165) is 12.6 Å². The lowest BCUT2D eigenvalue weighted by molar-refractivity contribution is -0.121. The summed E-state index contributed by atoms with van der Waals surface area (Å²) in [7, 11) is 0. The number of nitrogens with zero attached hydrogens (tertiary/aromatic N) is 1. The van der Waals surface area contributed by atoms with Crippen molar-refractivity contribution in [3.8, 4) is 0 Å². The summed E-state index contributed by atoms with van der Waals surface area (Å²) in [5, 5.41) is 6.52. The van der Waals surface area contributed by atoms with Gasteiger partial charge in [-0.25, -0.2) is 0 Å². The molecule has 1 amide bonds. The summed E-state index contributed by atoms with van der Waals surface area (Å²) >= 11 is 0. The molecule has 0 aromatic carbocycles. The average molecular weight is 253 g/mol. The van der Waals surface area contributed by atoms with E-state index < -0.39 is 0 Å². The van der Waals surface area contributed by atoms with Crippen LogP contribution in [0.15, 0.2) is 0 Å². The van der Waals surface area contributed by atoms with Crippen LogP contribution < -0.4 is 10.6 Å². The molecular weight excluding hydrogens is 226 g/mol. The minimum Gasteiger partial charge on any atom is -0.354 e. The zero-order chi connectivity index (χ0) is 13.0. The van der Waals surface area contributed by atoms with Crippen LogP contribution in [0.25, 0.3) is 0 Å². The van der Waals surface area contributed by atoms with Crippen molar-refractivity contribution in [3.05, 3.63) is 0 Å². The number of nitrogens with one attached hydrogen (secondary N) is 2. The van der Waals surface area contributed by atoms with E-state index in [0.29, 0.717) is 12.5 Å². The predicted octanol–water partition coefficient (Wildman–Crippen LogP) is 1.12. The lowest BCUT2D eigenvalue weighted by atomic mass is 9.99. The van der Waals surface area contributed by atoms with Crippen molar-refractivity contribution in [2.45, 2.75) is 64.1 Å². The lowest BCUT2D eigenvalue weighted by Gasteiger charge is -2.32. The van der Waals surface area contributed by atoms with Crippen LogP contribution in [0.5, 0.6) is 0 Å². The first-order valence-corrected chi connectivity index (χ1v) is 7.43. The smallest absolute Gasteiger partial charge is 0.221 e. The Labute approximate surface area is 110 Å². The summed E-state index contributed by atoms with van der Waals surface area (Å²) in [4.78, 5) is 14.2. The highest BCUT2D eigenvalue weighted by atomic mass is 16.1. The lowest BCUT2D eigenvalue weighted by Crippen LogP contribution is -2.45. The van der Waals surface area contributed by atoms with E-state index >= 15 is 0 Å². The van der Waals surface area contributed by atoms with Gasteiger partial charge in [0.15, 0.2) is 0 Å². The number of carbonyl (C=O) groups is 1. The van der Waals surface area contributed by atoms with E-state index in [1.807, 2.05) is 13.8 Å². The Morgan fingerprint density at radius 2 is 2.11 bits per heavy atom. The van der Waals surface area contributed by atoms with Crippen LogP contribution in [0.1, 0.15) is 46.0 Å². The van der Waals surface area contributed by atoms with Crippen LogP contribution in [-0.2, 0) is 4.79 Å². The summed E-state index contributed by atoms with van der Waals surface area (Å²) in [6.07, 6.45) is 5.90. The van der Waals surface area contributed by atoms with Crippen LogP contribution in [0.4, 0.5) is 0 Å². The Morgan fingerprint density at radius 1 is 1.28 bits per heavy atom. The van der Waals surface area contributed by atoms with Gasteiger partial charge in [-0.15, -0.1) is 0 Å². The highest BCUT2D eigenvalue weighted by Gasteiger charge is 2.34. The van der Waals surface area contributed by atoms with Gasteiger partial charge < -0.3 is 10.6 Å². The normalized spacial score (nSPS) is 28.4. The fraction of sp³-hybridized carbons (Fsp3) is 0.929. The van der Waals surface area contributed by atoms with Crippen molar-refractivity contribution in [1.82, 2.24) is 15.5 Å². The van der Waals surface area contributed by atoms with Gasteiger partial charge in [-0.05, 0) is 39.7 Å². The zero-order valence-corrected chi connectivity index (χ0v) is 11.7. The van der Waals surface area contributed by atoms with E-state index in [-0.39, 0.29) is 11.9 Å². The largest absolute Gasteiger partial charge is 0.354 e. The van der Waals surface area contributed by atoms with Crippen molar-refractivity contribution in [1.29, 1.82) is 0 Å². The molecule has 2 N–H and O–H groups in total. The minimum atomic E-state index is 0.163. The molecule has 0 saturated carbocycles. The number of piperidine rings is 1. The molecule has 2 atom stereocenters. The second-order valence-corrected chi connectivity index (χ2v) is 5.92. The molecule has 2 aliphatic rings. The molecule has 4 heteroatoms. The van der Waals surface area contributed by atoms with Crippen molar-refractivity contribution in [2.24, 2.45) is 0 Å². The molecule has 4 nitrogen and oxygen atoms in total. The molecule has 2 aliphatic heterocycles. The molecule has 2 heterocycles. The highest BCUT2D eigenvalue weighted by molar-refractivity contribution is 5.76. The number of amides is 1. The van der Waals surface area contributed by atoms with E-state index in [1.165, 1.54) is 38.8 Å². The first-order valence-electron chi connectivity index (χ1n) is 7.43. The van der Waals surface area contributed by atoms with Crippen LogP contribution in [0.2, 0.25) is 0 Å². The second-order valence-electron chi connectivity index (χ2n) is 5.92. The molecule has 0 spiro atoms. The summed E-state index contributed by atoms with van der Waals surface area (Å²) in [5.41, 5.74) is 0. The Kier molecular flexibility index (Phi) is 5.01. The second kappa shape index (κ2) is 6.53. The van der Waals surface area contributed by atoms with E-state index in [9.17, 15) is 4.79 Å². The topological polar surface area (TPSA) is 44.4 Å². The SMILES string of the molecule is CC(C)NC(=O)CCNC1CCN2CCCCC12. The molecule has 0 aliphatic carbocycles. The molecule has 18 heavy (non-hydrogen) atoms. The van der Waals surface area contributed by atoms with Crippen molar-refractivity contribution in [2.75, 3.05) is 19.6 Å². The maximum Gasteiger partial charge on any atom is 0.221 e. The summed E-state index contributed by atoms with van der Waals surface area (Å²) < 4.78 is 0. The first kappa shape index (κ1) is 13.8. The minimum absolute atomic E-state index is 0.163. The van der Waals surface area contributed by atoms with Crippen molar-refractivity contribution >= 4 is 5.91 Å².